The standard InChI is InChI=1S/C16H18N4O4.C2HF3O2/c1-19(7-6-17)9-2-3-10-11(8-9)16(24)20(15(10)23)12-4-5-13(21)18-14(12)22;3-2(4,5)1(6)7/h2-3,8,12H,4-7,17H2,1H3,(H,18,21,22);(H,6,7). The predicted molar refractivity (Wildman–Crippen MR) is 99.1 cm³/mol. The van der Waals surface area contributed by atoms with Crippen LogP contribution in [0.5, 0.6) is 0 Å². The lowest BCUT2D eigenvalue weighted by Crippen LogP contribution is -2.54. The van der Waals surface area contributed by atoms with Crippen molar-refractivity contribution in [3.05, 3.63) is 29.3 Å². The average molecular weight is 444 g/mol. The third-order valence-electron chi connectivity index (χ3n) is 4.57. The molecule has 1 fully saturated rings. The van der Waals surface area contributed by atoms with Gasteiger partial charge >= 0.3 is 12.1 Å². The first-order valence-corrected chi connectivity index (χ1v) is 8.95. The van der Waals surface area contributed by atoms with Crippen LogP contribution in [0, 0.1) is 0 Å². The Morgan fingerprint density at radius 1 is 1.23 bits per heavy atom. The molecule has 1 atom stereocenters. The number of alkyl halides is 3. The molecule has 13 heteroatoms. The number of anilines is 1. The molecule has 2 aliphatic heterocycles. The average Bonchev–Trinajstić information content (AvgIpc) is 2.92. The number of hydrogen-bond donors (Lipinski definition) is 3. The Labute approximate surface area is 173 Å². The van der Waals surface area contributed by atoms with Crippen molar-refractivity contribution < 1.29 is 42.3 Å². The molecular formula is C18H19F3N4O6. The smallest absolute Gasteiger partial charge is 0.475 e. The fourth-order valence-electron chi connectivity index (χ4n) is 3.02. The number of nitrogens with one attached hydrogen (secondary N) is 1. The zero-order valence-corrected chi connectivity index (χ0v) is 16.2. The van der Waals surface area contributed by atoms with E-state index in [2.05, 4.69) is 5.32 Å². The lowest BCUT2D eigenvalue weighted by atomic mass is 10.0. The van der Waals surface area contributed by atoms with Gasteiger partial charge in [-0.15, -0.1) is 0 Å². The van der Waals surface area contributed by atoms with Crippen LogP contribution in [-0.2, 0) is 14.4 Å². The molecule has 2 aliphatic rings. The van der Waals surface area contributed by atoms with Crippen molar-refractivity contribution in [1.29, 1.82) is 0 Å². The summed E-state index contributed by atoms with van der Waals surface area (Å²) in [5.74, 6) is -4.77. The third kappa shape index (κ3) is 5.17. The van der Waals surface area contributed by atoms with Gasteiger partial charge in [-0.3, -0.25) is 29.4 Å². The molecule has 2 heterocycles. The summed E-state index contributed by atoms with van der Waals surface area (Å²) >= 11 is 0. The summed E-state index contributed by atoms with van der Waals surface area (Å²) in [5, 5.41) is 9.30. The van der Waals surface area contributed by atoms with E-state index in [-0.39, 0.29) is 24.0 Å². The van der Waals surface area contributed by atoms with E-state index in [1.807, 2.05) is 11.9 Å². The van der Waals surface area contributed by atoms with Crippen molar-refractivity contribution >= 4 is 35.3 Å². The van der Waals surface area contributed by atoms with Gasteiger partial charge in [0.05, 0.1) is 11.1 Å². The van der Waals surface area contributed by atoms with E-state index in [9.17, 15) is 32.3 Å². The minimum Gasteiger partial charge on any atom is -0.475 e. The molecule has 1 saturated heterocycles. The van der Waals surface area contributed by atoms with Crippen LogP contribution in [0.4, 0.5) is 18.9 Å². The Morgan fingerprint density at radius 2 is 1.81 bits per heavy atom. The summed E-state index contributed by atoms with van der Waals surface area (Å²) in [6.45, 7) is 1.07. The molecule has 1 aromatic carbocycles. The van der Waals surface area contributed by atoms with Crippen LogP contribution >= 0.6 is 0 Å². The summed E-state index contributed by atoms with van der Waals surface area (Å²) in [6, 6.07) is 4.02. The van der Waals surface area contributed by atoms with Gasteiger partial charge in [-0.05, 0) is 24.6 Å². The molecule has 4 N–H and O–H groups in total. The molecule has 4 amide bonds. The highest BCUT2D eigenvalue weighted by Crippen LogP contribution is 2.30. The number of fused-ring (bicyclic) bond motifs is 1. The lowest BCUT2D eigenvalue weighted by Gasteiger charge is -2.27. The number of imide groups is 2. The summed E-state index contributed by atoms with van der Waals surface area (Å²) in [7, 11) is 1.84. The number of likely N-dealkylation sites (N-methyl/N-ethyl adjacent to an activating group) is 1. The summed E-state index contributed by atoms with van der Waals surface area (Å²) in [4.78, 5) is 60.2. The van der Waals surface area contributed by atoms with E-state index in [0.717, 1.165) is 10.6 Å². The van der Waals surface area contributed by atoms with Crippen LogP contribution in [0.2, 0.25) is 0 Å². The Hall–Kier alpha value is -3.48. The van der Waals surface area contributed by atoms with Gasteiger partial charge in [0, 0.05) is 32.2 Å². The number of halogens is 3. The van der Waals surface area contributed by atoms with Crippen molar-refractivity contribution in [2.45, 2.75) is 25.1 Å². The number of amides is 4. The van der Waals surface area contributed by atoms with Gasteiger partial charge in [0.15, 0.2) is 0 Å². The number of carboxylic acid groups (broad SMARTS) is 1. The van der Waals surface area contributed by atoms with Gasteiger partial charge in [-0.2, -0.15) is 13.2 Å². The molecule has 0 saturated carbocycles. The van der Waals surface area contributed by atoms with Crippen molar-refractivity contribution in [3.8, 4) is 0 Å². The van der Waals surface area contributed by atoms with Gasteiger partial charge in [0.2, 0.25) is 11.8 Å². The number of nitrogens with two attached hydrogens (primary N) is 1. The van der Waals surface area contributed by atoms with E-state index in [1.165, 1.54) is 0 Å². The first-order valence-electron chi connectivity index (χ1n) is 8.95. The maximum atomic E-state index is 12.7. The second-order valence-electron chi connectivity index (χ2n) is 6.69. The normalized spacial score (nSPS) is 18.2. The number of carboxylic acids is 1. The Balaban J connectivity index is 0.000000423. The topological polar surface area (TPSA) is 150 Å². The van der Waals surface area contributed by atoms with E-state index in [1.54, 1.807) is 18.2 Å². The first-order chi connectivity index (χ1) is 14.4. The zero-order valence-electron chi connectivity index (χ0n) is 16.2. The molecule has 168 valence electrons. The van der Waals surface area contributed by atoms with Gasteiger partial charge in [-0.1, -0.05) is 0 Å². The number of piperidine rings is 1. The summed E-state index contributed by atoms with van der Waals surface area (Å²) in [6.07, 6.45) is -4.83. The van der Waals surface area contributed by atoms with Crippen molar-refractivity contribution in [2.75, 3.05) is 25.0 Å². The second-order valence-corrected chi connectivity index (χ2v) is 6.69. The number of hydrogen-bond acceptors (Lipinski definition) is 7. The summed E-state index contributed by atoms with van der Waals surface area (Å²) < 4.78 is 31.7. The number of benzene rings is 1. The number of nitrogens with zero attached hydrogens (tertiary/aromatic N) is 2. The van der Waals surface area contributed by atoms with Crippen molar-refractivity contribution in [3.63, 3.8) is 0 Å². The molecule has 3 rings (SSSR count). The molecule has 31 heavy (non-hydrogen) atoms. The molecule has 0 spiro atoms. The van der Waals surface area contributed by atoms with E-state index < -0.39 is 41.8 Å². The zero-order chi connectivity index (χ0) is 23.5. The van der Waals surface area contributed by atoms with Crippen LogP contribution in [-0.4, -0.2) is 72.0 Å². The lowest BCUT2D eigenvalue weighted by molar-refractivity contribution is -0.192. The largest absolute Gasteiger partial charge is 0.490 e. The van der Waals surface area contributed by atoms with Gasteiger partial charge in [0.25, 0.3) is 11.8 Å². The van der Waals surface area contributed by atoms with Crippen LogP contribution in [0.1, 0.15) is 33.6 Å². The van der Waals surface area contributed by atoms with E-state index >= 15 is 0 Å². The molecule has 0 aliphatic carbocycles. The van der Waals surface area contributed by atoms with E-state index in [0.29, 0.717) is 13.1 Å². The Kier molecular flexibility index (Phi) is 7.00. The maximum Gasteiger partial charge on any atom is 0.490 e. The van der Waals surface area contributed by atoms with Crippen LogP contribution < -0.4 is 16.0 Å². The second kappa shape index (κ2) is 9.12. The third-order valence-corrected chi connectivity index (χ3v) is 4.57. The molecule has 10 nitrogen and oxygen atoms in total. The van der Waals surface area contributed by atoms with Crippen LogP contribution in [0.3, 0.4) is 0 Å². The number of aliphatic carboxylic acids is 1. The SMILES string of the molecule is CN(CCN)c1ccc2c(c1)C(=O)N(C1CCC(=O)NC1=O)C2=O.O=C(O)C(F)(F)F. The fraction of sp³-hybridized carbons (Fsp3) is 0.389. The van der Waals surface area contributed by atoms with Crippen LogP contribution in [0.25, 0.3) is 0 Å². The Bertz CT molecular complexity index is 933. The minimum atomic E-state index is -5.08. The number of rotatable bonds is 4. The quantitative estimate of drug-likeness (QED) is 0.554. The van der Waals surface area contributed by atoms with E-state index in [4.69, 9.17) is 15.6 Å². The van der Waals surface area contributed by atoms with Gasteiger partial charge in [0.1, 0.15) is 6.04 Å². The van der Waals surface area contributed by atoms with Crippen molar-refractivity contribution in [1.82, 2.24) is 10.2 Å². The van der Waals surface area contributed by atoms with Gasteiger partial charge in [-0.25, -0.2) is 4.79 Å². The number of carbonyl (C=O) groups excluding carboxylic acids is 4. The molecule has 1 unspecified atom stereocenters. The van der Waals surface area contributed by atoms with Gasteiger partial charge < -0.3 is 15.7 Å². The molecular weight excluding hydrogens is 425 g/mol. The first kappa shape index (κ1) is 23.8. The van der Waals surface area contributed by atoms with Crippen LogP contribution in [0.15, 0.2) is 18.2 Å². The predicted octanol–water partition coefficient (Wildman–Crippen LogP) is 0.116. The Morgan fingerprint density at radius 3 is 2.32 bits per heavy atom. The highest BCUT2D eigenvalue weighted by atomic mass is 19.4. The highest BCUT2D eigenvalue weighted by Gasteiger charge is 2.44. The number of carbonyl (C=O) groups is 5. The highest BCUT2D eigenvalue weighted by molar-refractivity contribution is 6.23. The monoisotopic (exact) mass is 444 g/mol. The fourth-order valence-corrected chi connectivity index (χ4v) is 3.02. The minimum absolute atomic E-state index is 0.105. The molecule has 1 aromatic rings. The van der Waals surface area contributed by atoms with Crippen molar-refractivity contribution in [2.24, 2.45) is 5.73 Å². The molecule has 0 bridgehead atoms. The molecule has 0 aromatic heterocycles. The maximum absolute atomic E-state index is 12.7. The molecule has 0 radical (unpaired) electrons. The summed E-state index contributed by atoms with van der Waals surface area (Å²) in [5.41, 5.74) is 6.84.